The predicted octanol–water partition coefficient (Wildman–Crippen LogP) is 2.56. The zero-order chi connectivity index (χ0) is 16.3. The van der Waals surface area contributed by atoms with Gasteiger partial charge in [0.05, 0.1) is 6.04 Å². The van der Waals surface area contributed by atoms with E-state index < -0.39 is 0 Å². The van der Waals surface area contributed by atoms with Crippen LogP contribution in [0.3, 0.4) is 0 Å². The van der Waals surface area contributed by atoms with Gasteiger partial charge in [0.1, 0.15) is 0 Å². The summed E-state index contributed by atoms with van der Waals surface area (Å²) in [5, 5.41) is 7.58. The van der Waals surface area contributed by atoms with Gasteiger partial charge in [-0.25, -0.2) is 0 Å². The summed E-state index contributed by atoms with van der Waals surface area (Å²) in [4.78, 5) is 6.90. The average Bonchev–Trinajstić information content (AvgIpc) is 3.03. The number of rotatable bonds is 5. The molecule has 5 heteroatoms. The molecule has 5 nitrogen and oxygen atoms in total. The summed E-state index contributed by atoms with van der Waals surface area (Å²) in [5.74, 6) is 1.54. The molecule has 1 aliphatic heterocycles. The molecule has 2 aromatic rings. The van der Waals surface area contributed by atoms with E-state index in [0.717, 1.165) is 44.2 Å². The zero-order valence-electron chi connectivity index (χ0n) is 14.2. The Balaban J connectivity index is 1.63. The molecule has 1 fully saturated rings. The second-order valence-corrected chi connectivity index (χ2v) is 7.00. The topological polar surface area (TPSA) is 54.2 Å². The number of hydrogen-bond donors (Lipinski definition) is 1. The molecule has 1 aliphatic rings. The van der Waals surface area contributed by atoms with E-state index >= 15 is 0 Å². The molecular weight excluding hydrogens is 288 g/mol. The molecule has 124 valence electrons. The summed E-state index contributed by atoms with van der Waals surface area (Å²) < 4.78 is 5.48. The second kappa shape index (κ2) is 6.81. The third-order valence-electron chi connectivity index (χ3n) is 4.81. The Morgan fingerprint density at radius 2 is 2.09 bits per heavy atom. The molecule has 0 saturated carbocycles. The van der Waals surface area contributed by atoms with Crippen LogP contribution in [0.15, 0.2) is 34.9 Å². The molecule has 0 spiro atoms. The molecule has 1 unspecified atom stereocenters. The van der Waals surface area contributed by atoms with Crippen molar-refractivity contribution in [1.82, 2.24) is 20.4 Å². The van der Waals surface area contributed by atoms with Gasteiger partial charge in [-0.15, -0.1) is 0 Å². The van der Waals surface area contributed by atoms with Crippen LogP contribution in [0.5, 0.6) is 0 Å². The maximum Gasteiger partial charge on any atom is 0.226 e. The Morgan fingerprint density at radius 3 is 2.83 bits per heavy atom. The summed E-state index contributed by atoms with van der Waals surface area (Å²) in [7, 11) is 2.11. The highest BCUT2D eigenvalue weighted by Gasteiger charge is 2.26. The molecule has 1 aromatic carbocycles. The fraction of sp³-hybridized carbons (Fsp3) is 0.556. The highest BCUT2D eigenvalue weighted by molar-refractivity contribution is 5.23. The lowest BCUT2D eigenvalue weighted by Crippen LogP contribution is -2.44. The van der Waals surface area contributed by atoms with Crippen molar-refractivity contribution in [3.63, 3.8) is 0 Å². The number of piperazine rings is 1. The summed E-state index contributed by atoms with van der Waals surface area (Å²) in [6.07, 6.45) is 1.79. The zero-order valence-corrected chi connectivity index (χ0v) is 14.2. The molecule has 0 amide bonds. The minimum atomic E-state index is 0.0963. The van der Waals surface area contributed by atoms with Crippen molar-refractivity contribution < 1.29 is 4.52 Å². The second-order valence-electron chi connectivity index (χ2n) is 7.00. The first kappa shape index (κ1) is 16.1. The van der Waals surface area contributed by atoms with Crippen LogP contribution in [0.4, 0.5) is 0 Å². The number of hydrogen-bond acceptors (Lipinski definition) is 5. The third kappa shape index (κ3) is 3.79. The van der Waals surface area contributed by atoms with Crippen LogP contribution in [0.2, 0.25) is 0 Å². The minimum absolute atomic E-state index is 0.0963. The van der Waals surface area contributed by atoms with E-state index in [1.165, 1.54) is 5.56 Å². The van der Waals surface area contributed by atoms with Gasteiger partial charge in [-0.05, 0) is 24.4 Å². The number of aromatic nitrogens is 2. The van der Waals surface area contributed by atoms with Crippen LogP contribution in [0.1, 0.15) is 43.6 Å². The Hall–Kier alpha value is -1.72. The quantitative estimate of drug-likeness (QED) is 0.919. The van der Waals surface area contributed by atoms with Crippen LogP contribution >= 0.6 is 0 Å². The van der Waals surface area contributed by atoms with Crippen molar-refractivity contribution in [2.45, 2.75) is 38.1 Å². The standard InChI is InChI=1S/C18H26N4O/c1-18(2,14-7-5-4-6-8-14)10-9-16-20-17(21-23-16)15-13-19-11-12-22(15)3/h4-8,15,19H,9-13H2,1-3H3. The molecule has 0 bridgehead atoms. The van der Waals surface area contributed by atoms with Gasteiger partial charge in [0.15, 0.2) is 5.82 Å². The van der Waals surface area contributed by atoms with E-state index in [9.17, 15) is 0 Å². The van der Waals surface area contributed by atoms with E-state index in [1.54, 1.807) is 0 Å². The lowest BCUT2D eigenvalue weighted by Gasteiger charge is -2.30. The van der Waals surface area contributed by atoms with Crippen molar-refractivity contribution in [2.24, 2.45) is 0 Å². The van der Waals surface area contributed by atoms with Crippen molar-refractivity contribution in [2.75, 3.05) is 26.7 Å². The van der Waals surface area contributed by atoms with Gasteiger partial charge in [0.2, 0.25) is 5.89 Å². The number of aryl methyl sites for hydroxylation is 1. The molecular formula is C18H26N4O. The fourth-order valence-electron chi connectivity index (χ4n) is 3.05. The van der Waals surface area contributed by atoms with E-state index in [-0.39, 0.29) is 11.5 Å². The summed E-state index contributed by atoms with van der Waals surface area (Å²) >= 11 is 0. The largest absolute Gasteiger partial charge is 0.339 e. The van der Waals surface area contributed by atoms with Crippen LogP contribution < -0.4 is 5.32 Å². The van der Waals surface area contributed by atoms with Gasteiger partial charge < -0.3 is 9.84 Å². The minimum Gasteiger partial charge on any atom is -0.339 e. The number of likely N-dealkylation sites (N-methyl/N-ethyl adjacent to an activating group) is 1. The Labute approximate surface area is 138 Å². The molecule has 1 saturated heterocycles. The van der Waals surface area contributed by atoms with Crippen molar-refractivity contribution in [1.29, 1.82) is 0 Å². The Morgan fingerprint density at radius 1 is 1.30 bits per heavy atom. The highest BCUT2D eigenvalue weighted by Crippen LogP contribution is 2.28. The third-order valence-corrected chi connectivity index (χ3v) is 4.81. The first-order valence-corrected chi connectivity index (χ1v) is 8.35. The summed E-state index contributed by atoms with van der Waals surface area (Å²) in [5.41, 5.74) is 1.44. The SMILES string of the molecule is CN1CCNCC1c1noc(CCC(C)(C)c2ccccc2)n1. The Kier molecular flexibility index (Phi) is 4.78. The lowest BCUT2D eigenvalue weighted by atomic mass is 9.80. The van der Waals surface area contributed by atoms with E-state index in [0.29, 0.717) is 0 Å². The number of nitrogens with zero attached hydrogens (tertiary/aromatic N) is 3. The monoisotopic (exact) mass is 314 g/mol. The van der Waals surface area contributed by atoms with Gasteiger partial charge in [-0.1, -0.05) is 49.3 Å². The Bertz CT molecular complexity index is 623. The fourth-order valence-corrected chi connectivity index (χ4v) is 3.05. The molecule has 0 radical (unpaired) electrons. The molecule has 1 N–H and O–H groups in total. The first-order chi connectivity index (χ1) is 11.1. The van der Waals surface area contributed by atoms with Crippen molar-refractivity contribution in [3.05, 3.63) is 47.6 Å². The average molecular weight is 314 g/mol. The van der Waals surface area contributed by atoms with Gasteiger partial charge in [0.25, 0.3) is 0 Å². The smallest absolute Gasteiger partial charge is 0.226 e. The van der Waals surface area contributed by atoms with Gasteiger partial charge in [-0.2, -0.15) is 4.98 Å². The summed E-state index contributed by atoms with van der Waals surface area (Å²) in [6, 6.07) is 10.8. The number of benzene rings is 1. The molecule has 23 heavy (non-hydrogen) atoms. The highest BCUT2D eigenvalue weighted by atomic mass is 16.5. The van der Waals surface area contributed by atoms with Crippen molar-refractivity contribution in [3.8, 4) is 0 Å². The van der Waals surface area contributed by atoms with E-state index in [4.69, 9.17) is 4.52 Å². The normalized spacial score (nSPS) is 19.9. The van der Waals surface area contributed by atoms with E-state index in [2.05, 4.69) is 71.6 Å². The van der Waals surface area contributed by atoms with Crippen molar-refractivity contribution >= 4 is 0 Å². The van der Waals surface area contributed by atoms with E-state index in [1.807, 2.05) is 0 Å². The van der Waals surface area contributed by atoms with Gasteiger partial charge >= 0.3 is 0 Å². The predicted molar refractivity (Wildman–Crippen MR) is 90.3 cm³/mol. The van der Waals surface area contributed by atoms with Crippen LogP contribution in [-0.2, 0) is 11.8 Å². The maximum absolute atomic E-state index is 5.48. The first-order valence-electron chi connectivity index (χ1n) is 8.35. The lowest BCUT2D eigenvalue weighted by molar-refractivity contribution is 0.190. The maximum atomic E-state index is 5.48. The molecule has 3 rings (SSSR count). The van der Waals surface area contributed by atoms with Gasteiger partial charge in [-0.3, -0.25) is 4.90 Å². The van der Waals surface area contributed by atoms with Crippen LogP contribution in [0, 0.1) is 0 Å². The van der Waals surface area contributed by atoms with Crippen LogP contribution in [0.25, 0.3) is 0 Å². The van der Waals surface area contributed by atoms with Gasteiger partial charge in [0, 0.05) is 26.1 Å². The molecule has 0 aliphatic carbocycles. The molecule has 1 aromatic heterocycles. The molecule has 1 atom stereocenters. The van der Waals surface area contributed by atoms with Crippen LogP contribution in [-0.4, -0.2) is 41.7 Å². The summed E-state index contributed by atoms with van der Waals surface area (Å²) in [6.45, 7) is 7.43. The number of nitrogens with one attached hydrogen (secondary N) is 1. The molecule has 2 heterocycles.